The van der Waals surface area contributed by atoms with Crippen LogP contribution in [0.15, 0.2) is 24.3 Å². The highest BCUT2D eigenvalue weighted by Crippen LogP contribution is 2.13. The van der Waals surface area contributed by atoms with E-state index in [1.807, 2.05) is 4.68 Å². The van der Waals surface area contributed by atoms with Gasteiger partial charge in [0, 0.05) is 6.54 Å². The van der Waals surface area contributed by atoms with Crippen molar-refractivity contribution in [1.29, 1.82) is 0 Å². The van der Waals surface area contributed by atoms with Gasteiger partial charge in [-0.05, 0) is 31.2 Å². The van der Waals surface area contributed by atoms with Crippen molar-refractivity contribution in [3.63, 3.8) is 0 Å². The van der Waals surface area contributed by atoms with E-state index < -0.39 is 0 Å². The number of rotatable bonds is 6. The number of benzene rings is 1. The van der Waals surface area contributed by atoms with Gasteiger partial charge in [-0.15, -0.1) is 5.10 Å². The van der Waals surface area contributed by atoms with E-state index in [0.29, 0.717) is 11.6 Å². The molecule has 20 heavy (non-hydrogen) atoms. The Balaban J connectivity index is 2.10. The first-order valence-electron chi connectivity index (χ1n) is 7.17. The van der Waals surface area contributed by atoms with Crippen molar-refractivity contribution in [3.05, 3.63) is 46.8 Å². The molecule has 0 spiro atoms. The highest BCUT2D eigenvalue weighted by molar-refractivity contribution is 5.22. The minimum Gasteiger partial charge on any atom is -0.390 e. The number of hydrogen-bond donors (Lipinski definition) is 1. The second kappa shape index (κ2) is 6.66. The first-order chi connectivity index (χ1) is 9.60. The molecule has 4 nitrogen and oxygen atoms in total. The Kier molecular flexibility index (Phi) is 4.90. The van der Waals surface area contributed by atoms with Gasteiger partial charge in [0.2, 0.25) is 0 Å². The first-order valence-corrected chi connectivity index (χ1v) is 7.17. The fraction of sp³-hybridized carbons (Fsp3) is 0.500. The van der Waals surface area contributed by atoms with E-state index in [-0.39, 0.29) is 6.61 Å². The van der Waals surface area contributed by atoms with Crippen LogP contribution in [0.2, 0.25) is 0 Å². The molecule has 4 heteroatoms. The normalized spacial score (nSPS) is 11.2. The van der Waals surface area contributed by atoms with Crippen molar-refractivity contribution in [2.75, 3.05) is 0 Å². The number of nitrogens with zero attached hydrogens (tertiary/aromatic N) is 3. The summed E-state index contributed by atoms with van der Waals surface area (Å²) in [5.74, 6) is 0.515. The quantitative estimate of drug-likeness (QED) is 0.880. The van der Waals surface area contributed by atoms with Gasteiger partial charge in [-0.2, -0.15) is 0 Å². The SMILES string of the molecule is Cc1ccc(CCc2c(CO)nnn2CC(C)C)cc1. The molecule has 0 saturated carbocycles. The molecule has 0 amide bonds. The molecule has 0 aliphatic carbocycles. The average molecular weight is 273 g/mol. The third kappa shape index (κ3) is 3.67. The van der Waals surface area contributed by atoms with E-state index in [2.05, 4.69) is 55.3 Å². The highest BCUT2D eigenvalue weighted by Gasteiger charge is 2.13. The summed E-state index contributed by atoms with van der Waals surface area (Å²) in [7, 11) is 0. The van der Waals surface area contributed by atoms with Crippen LogP contribution < -0.4 is 0 Å². The molecule has 0 aliphatic heterocycles. The third-order valence-corrected chi connectivity index (χ3v) is 3.38. The molecule has 1 N–H and O–H groups in total. The van der Waals surface area contributed by atoms with E-state index in [1.54, 1.807) is 0 Å². The summed E-state index contributed by atoms with van der Waals surface area (Å²) in [5.41, 5.74) is 4.34. The Bertz CT molecular complexity index is 543. The second-order valence-corrected chi connectivity index (χ2v) is 5.70. The van der Waals surface area contributed by atoms with E-state index in [9.17, 15) is 5.11 Å². The second-order valence-electron chi connectivity index (χ2n) is 5.70. The lowest BCUT2D eigenvalue weighted by Crippen LogP contribution is -2.11. The van der Waals surface area contributed by atoms with E-state index in [0.717, 1.165) is 25.1 Å². The lowest BCUT2D eigenvalue weighted by Gasteiger charge is -2.10. The zero-order valence-electron chi connectivity index (χ0n) is 12.5. The van der Waals surface area contributed by atoms with Gasteiger partial charge in [-0.25, -0.2) is 4.68 Å². The molecule has 2 aromatic rings. The fourth-order valence-corrected chi connectivity index (χ4v) is 2.27. The van der Waals surface area contributed by atoms with E-state index in [4.69, 9.17) is 0 Å². The molecule has 0 aliphatic rings. The molecule has 0 bridgehead atoms. The van der Waals surface area contributed by atoms with Crippen molar-refractivity contribution in [3.8, 4) is 0 Å². The molecule has 0 atom stereocenters. The molecule has 1 aromatic heterocycles. The first kappa shape index (κ1) is 14.7. The molecule has 0 unspecified atom stereocenters. The minimum atomic E-state index is -0.0404. The van der Waals surface area contributed by atoms with Crippen LogP contribution in [0.4, 0.5) is 0 Å². The van der Waals surface area contributed by atoms with Gasteiger partial charge in [0.25, 0.3) is 0 Å². The van der Waals surface area contributed by atoms with Crippen molar-refractivity contribution in [1.82, 2.24) is 15.0 Å². The van der Waals surface area contributed by atoms with Crippen molar-refractivity contribution >= 4 is 0 Å². The Morgan fingerprint density at radius 3 is 2.45 bits per heavy atom. The smallest absolute Gasteiger partial charge is 0.111 e. The minimum absolute atomic E-state index is 0.0404. The van der Waals surface area contributed by atoms with Crippen LogP contribution in [0.5, 0.6) is 0 Å². The maximum atomic E-state index is 9.38. The van der Waals surface area contributed by atoms with Crippen molar-refractivity contribution < 1.29 is 5.11 Å². The Morgan fingerprint density at radius 2 is 1.85 bits per heavy atom. The summed E-state index contributed by atoms with van der Waals surface area (Å²) in [6, 6.07) is 8.58. The monoisotopic (exact) mass is 273 g/mol. The highest BCUT2D eigenvalue weighted by atomic mass is 16.3. The molecular weight excluding hydrogens is 250 g/mol. The molecule has 1 aromatic carbocycles. The van der Waals surface area contributed by atoms with Crippen LogP contribution in [0.3, 0.4) is 0 Å². The maximum absolute atomic E-state index is 9.38. The Labute approximate surface area is 120 Å². The predicted octanol–water partition coefficient (Wildman–Crippen LogP) is 2.52. The van der Waals surface area contributed by atoms with Crippen LogP contribution >= 0.6 is 0 Å². The molecular formula is C16H23N3O. The van der Waals surface area contributed by atoms with Crippen LogP contribution in [0, 0.1) is 12.8 Å². The summed E-state index contributed by atoms with van der Waals surface area (Å²) in [4.78, 5) is 0. The van der Waals surface area contributed by atoms with Gasteiger partial charge in [0.15, 0.2) is 0 Å². The summed E-state index contributed by atoms with van der Waals surface area (Å²) in [5, 5.41) is 17.6. The maximum Gasteiger partial charge on any atom is 0.111 e. The number of hydrogen-bond acceptors (Lipinski definition) is 3. The standard InChI is InChI=1S/C16H23N3O/c1-12(2)10-19-16(15(11-20)17-18-19)9-8-14-6-4-13(3)5-7-14/h4-7,12,20H,8-11H2,1-3H3. The third-order valence-electron chi connectivity index (χ3n) is 3.38. The summed E-state index contributed by atoms with van der Waals surface area (Å²) in [6.45, 7) is 7.21. The van der Waals surface area contributed by atoms with Gasteiger partial charge in [-0.1, -0.05) is 48.9 Å². The van der Waals surface area contributed by atoms with Gasteiger partial charge in [0.1, 0.15) is 5.69 Å². The number of aryl methyl sites for hydroxylation is 2. The van der Waals surface area contributed by atoms with Gasteiger partial charge in [0.05, 0.1) is 12.3 Å². The summed E-state index contributed by atoms with van der Waals surface area (Å²) in [6.07, 6.45) is 1.80. The van der Waals surface area contributed by atoms with Crippen LogP contribution in [0.25, 0.3) is 0 Å². The number of aromatic nitrogens is 3. The lowest BCUT2D eigenvalue weighted by molar-refractivity contribution is 0.275. The Morgan fingerprint density at radius 1 is 1.15 bits per heavy atom. The van der Waals surface area contributed by atoms with Crippen LogP contribution in [0.1, 0.15) is 36.4 Å². The largest absolute Gasteiger partial charge is 0.390 e. The van der Waals surface area contributed by atoms with Crippen LogP contribution in [-0.4, -0.2) is 20.1 Å². The van der Waals surface area contributed by atoms with Crippen molar-refractivity contribution in [2.24, 2.45) is 5.92 Å². The van der Waals surface area contributed by atoms with Crippen LogP contribution in [-0.2, 0) is 26.0 Å². The van der Waals surface area contributed by atoms with E-state index in [1.165, 1.54) is 11.1 Å². The van der Waals surface area contributed by atoms with Gasteiger partial charge >= 0.3 is 0 Å². The topological polar surface area (TPSA) is 50.9 Å². The predicted molar refractivity (Wildman–Crippen MR) is 79.4 cm³/mol. The molecule has 1 heterocycles. The zero-order valence-corrected chi connectivity index (χ0v) is 12.5. The lowest BCUT2D eigenvalue weighted by atomic mass is 10.1. The van der Waals surface area contributed by atoms with Crippen molar-refractivity contribution in [2.45, 2.75) is 46.8 Å². The summed E-state index contributed by atoms with van der Waals surface area (Å²) >= 11 is 0. The Hall–Kier alpha value is -1.68. The van der Waals surface area contributed by atoms with Gasteiger partial charge < -0.3 is 5.11 Å². The molecule has 108 valence electrons. The molecule has 0 saturated heterocycles. The number of aliphatic hydroxyl groups excluding tert-OH is 1. The molecule has 0 radical (unpaired) electrons. The summed E-state index contributed by atoms with van der Waals surface area (Å²) < 4.78 is 1.93. The van der Waals surface area contributed by atoms with Gasteiger partial charge in [-0.3, -0.25) is 0 Å². The zero-order chi connectivity index (χ0) is 14.5. The number of aliphatic hydroxyl groups is 1. The fourth-order valence-electron chi connectivity index (χ4n) is 2.27. The molecule has 0 fully saturated rings. The average Bonchev–Trinajstić information content (AvgIpc) is 2.79. The molecule has 2 rings (SSSR count). The van der Waals surface area contributed by atoms with E-state index >= 15 is 0 Å².